The summed E-state index contributed by atoms with van der Waals surface area (Å²) in [5, 5.41) is 0. The van der Waals surface area contributed by atoms with Crippen LogP contribution < -0.4 is 4.74 Å². The summed E-state index contributed by atoms with van der Waals surface area (Å²) >= 11 is 0. The second-order valence-corrected chi connectivity index (χ2v) is 7.56. The van der Waals surface area contributed by atoms with Crippen LogP contribution in [0.4, 0.5) is 8.78 Å². The second kappa shape index (κ2) is 9.55. The van der Waals surface area contributed by atoms with Crippen molar-refractivity contribution >= 4 is 5.97 Å². The monoisotopic (exact) mass is 424 g/mol. The van der Waals surface area contributed by atoms with Gasteiger partial charge in [0.15, 0.2) is 0 Å². The van der Waals surface area contributed by atoms with Crippen molar-refractivity contribution in [3.63, 3.8) is 0 Å². The van der Waals surface area contributed by atoms with Gasteiger partial charge >= 0.3 is 5.97 Å². The van der Waals surface area contributed by atoms with E-state index in [1.54, 1.807) is 0 Å². The summed E-state index contributed by atoms with van der Waals surface area (Å²) in [6.07, 6.45) is 9.05. The van der Waals surface area contributed by atoms with Gasteiger partial charge in [-0.25, -0.2) is 8.78 Å². The molecule has 1 aromatic carbocycles. The molecule has 2 nitrogen and oxygen atoms in total. The normalized spacial score (nSPS) is 29.6. The summed E-state index contributed by atoms with van der Waals surface area (Å²) in [5.74, 6) is 0.0956. The first-order valence-electron chi connectivity index (χ1n) is 9.11. The van der Waals surface area contributed by atoms with Crippen LogP contribution in [0, 0.1) is 41.4 Å². The molecule has 2 aliphatic carbocycles. The molecule has 135 valence electrons. The molecule has 0 spiro atoms. The molecule has 0 aromatic heterocycles. The van der Waals surface area contributed by atoms with E-state index in [-0.39, 0.29) is 50.3 Å². The van der Waals surface area contributed by atoms with Crippen molar-refractivity contribution < 1.29 is 51.0 Å². The molecule has 5 heteroatoms. The van der Waals surface area contributed by atoms with E-state index >= 15 is 0 Å². The number of esters is 1. The number of rotatable bonds is 3. The Balaban J connectivity index is 0.00000225. The summed E-state index contributed by atoms with van der Waals surface area (Å²) in [7, 11) is 0. The molecule has 3 rings (SSSR count). The first-order valence-corrected chi connectivity index (χ1v) is 9.11. The first-order chi connectivity index (χ1) is 11.5. The molecule has 0 saturated heterocycles. The van der Waals surface area contributed by atoms with Crippen LogP contribution in [0.3, 0.4) is 0 Å². The van der Waals surface area contributed by atoms with Gasteiger partial charge in [0, 0.05) is 50.1 Å². The molecular weight excluding hydrogens is 399 g/mol. The van der Waals surface area contributed by atoms with Gasteiger partial charge < -0.3 is 4.74 Å². The van der Waals surface area contributed by atoms with Gasteiger partial charge in [-0.3, -0.25) is 4.79 Å². The second-order valence-electron chi connectivity index (χ2n) is 7.56. The maximum atomic E-state index is 13.1. The predicted molar refractivity (Wildman–Crippen MR) is 87.4 cm³/mol. The number of hydrogen-bond donors (Lipinski definition) is 0. The average molecular weight is 424 g/mol. The number of carbonyl (C=O) groups is 1. The van der Waals surface area contributed by atoms with Crippen LogP contribution in [0.25, 0.3) is 0 Å². The summed E-state index contributed by atoms with van der Waals surface area (Å²) < 4.78 is 31.4. The molecule has 0 amide bonds. The van der Waals surface area contributed by atoms with Crippen LogP contribution in [0.15, 0.2) is 12.1 Å². The standard InChI is InChI=1S/C20H25F2O2.Y/c1-13-2-4-14(5-3-13)15-6-8-16(9-7-15)20(23)24-19-11-17(21)10-18(22)12-19;/h11-16H,2-9H2,1H3;/q-1;. The van der Waals surface area contributed by atoms with Gasteiger partial charge in [-0.15, -0.1) is 6.07 Å². The number of carbonyl (C=O) groups excluding carboxylic acids is 1. The Hall–Kier alpha value is -0.346. The van der Waals surface area contributed by atoms with Crippen molar-refractivity contribution in [2.75, 3.05) is 0 Å². The molecule has 0 heterocycles. The molecule has 2 aliphatic rings. The van der Waals surface area contributed by atoms with E-state index in [2.05, 4.69) is 6.92 Å². The Kier molecular flexibility index (Phi) is 8.01. The van der Waals surface area contributed by atoms with Crippen LogP contribution in [0.2, 0.25) is 0 Å². The number of ether oxygens (including phenoxy) is 1. The number of hydrogen-bond acceptors (Lipinski definition) is 2. The third kappa shape index (κ3) is 5.82. The summed E-state index contributed by atoms with van der Waals surface area (Å²) in [4.78, 5) is 12.2. The first kappa shape index (κ1) is 21.0. The van der Waals surface area contributed by atoms with Gasteiger partial charge in [0.05, 0.1) is 5.92 Å². The zero-order valence-corrected chi connectivity index (χ0v) is 17.6. The van der Waals surface area contributed by atoms with Gasteiger partial charge in [-0.05, 0) is 56.3 Å². The largest absolute Gasteiger partial charge is 0.453 e. The SMILES string of the molecule is CC1CCC(C2CCC(C(=O)Oc3cc(F)[c-]c(F)c3)CC2)CC1.[Y]. The fraction of sp³-hybridized carbons (Fsp3) is 0.650. The third-order valence-corrected chi connectivity index (χ3v) is 5.83. The van der Waals surface area contributed by atoms with Gasteiger partial charge in [0.25, 0.3) is 0 Å². The topological polar surface area (TPSA) is 26.3 Å². The van der Waals surface area contributed by atoms with Gasteiger partial charge in [-0.1, -0.05) is 31.9 Å². The van der Waals surface area contributed by atoms with E-state index in [1.165, 1.54) is 25.7 Å². The Labute approximate surface area is 174 Å². The van der Waals surface area contributed by atoms with Crippen molar-refractivity contribution in [1.29, 1.82) is 0 Å². The Bertz CT molecular complexity index is 557. The fourth-order valence-corrected chi connectivity index (χ4v) is 4.32. The minimum absolute atomic E-state index is 0. The Morgan fingerprint density at radius 2 is 1.44 bits per heavy atom. The molecular formula is C20H25F2O2Y-. The molecule has 2 saturated carbocycles. The molecule has 0 aliphatic heterocycles. The molecule has 0 N–H and O–H groups in total. The minimum atomic E-state index is -0.854. The molecule has 0 bridgehead atoms. The van der Waals surface area contributed by atoms with Crippen LogP contribution in [0.1, 0.15) is 58.3 Å². The minimum Gasteiger partial charge on any atom is -0.453 e. The van der Waals surface area contributed by atoms with E-state index in [0.717, 1.165) is 55.6 Å². The van der Waals surface area contributed by atoms with Crippen LogP contribution in [-0.4, -0.2) is 5.97 Å². The molecule has 25 heavy (non-hydrogen) atoms. The van der Waals surface area contributed by atoms with Crippen LogP contribution >= 0.6 is 0 Å². The predicted octanol–water partition coefficient (Wildman–Crippen LogP) is 5.30. The summed E-state index contributed by atoms with van der Waals surface area (Å²) in [6, 6.07) is 3.88. The third-order valence-electron chi connectivity index (χ3n) is 5.83. The summed E-state index contributed by atoms with van der Waals surface area (Å²) in [6.45, 7) is 2.33. The van der Waals surface area contributed by atoms with Crippen LogP contribution in [-0.2, 0) is 37.5 Å². The van der Waals surface area contributed by atoms with E-state index in [1.807, 2.05) is 6.07 Å². The Morgan fingerprint density at radius 1 is 0.960 bits per heavy atom. The molecule has 2 fully saturated rings. The van der Waals surface area contributed by atoms with Gasteiger partial charge in [-0.2, -0.15) is 0 Å². The molecule has 1 radical (unpaired) electrons. The van der Waals surface area contributed by atoms with Crippen molar-refractivity contribution in [1.82, 2.24) is 0 Å². The average Bonchev–Trinajstić information content (AvgIpc) is 2.55. The van der Waals surface area contributed by atoms with Gasteiger partial charge in [0.2, 0.25) is 0 Å². The van der Waals surface area contributed by atoms with Crippen molar-refractivity contribution in [2.45, 2.75) is 58.3 Å². The molecule has 0 unspecified atom stereocenters. The van der Waals surface area contributed by atoms with Crippen LogP contribution in [0.5, 0.6) is 5.75 Å². The van der Waals surface area contributed by atoms with Crippen molar-refractivity contribution in [3.05, 3.63) is 29.8 Å². The number of halogens is 2. The maximum Gasteiger partial charge on any atom is 0.312 e. The quantitative estimate of drug-likeness (QED) is 0.374. The van der Waals surface area contributed by atoms with E-state index < -0.39 is 11.6 Å². The van der Waals surface area contributed by atoms with E-state index in [4.69, 9.17) is 4.74 Å². The van der Waals surface area contributed by atoms with E-state index in [9.17, 15) is 13.6 Å². The maximum absolute atomic E-state index is 13.1. The smallest absolute Gasteiger partial charge is 0.312 e. The summed E-state index contributed by atoms with van der Waals surface area (Å²) in [5.41, 5.74) is 0. The Morgan fingerprint density at radius 3 is 1.96 bits per heavy atom. The zero-order chi connectivity index (χ0) is 17.1. The van der Waals surface area contributed by atoms with Crippen molar-refractivity contribution in [2.24, 2.45) is 23.7 Å². The number of benzene rings is 1. The fourth-order valence-electron chi connectivity index (χ4n) is 4.32. The van der Waals surface area contributed by atoms with E-state index in [0.29, 0.717) is 0 Å². The van der Waals surface area contributed by atoms with Crippen molar-refractivity contribution in [3.8, 4) is 5.75 Å². The van der Waals surface area contributed by atoms with Gasteiger partial charge in [0.1, 0.15) is 0 Å². The molecule has 0 atom stereocenters. The molecule has 1 aromatic rings. The zero-order valence-electron chi connectivity index (χ0n) is 14.8.